The molecule has 172 valence electrons. The summed E-state index contributed by atoms with van der Waals surface area (Å²) in [6.45, 7) is 11.7. The van der Waals surface area contributed by atoms with Crippen LogP contribution in [0.1, 0.15) is 42.3 Å². The predicted octanol–water partition coefficient (Wildman–Crippen LogP) is 5.39. The first-order valence-electron chi connectivity index (χ1n) is 11.2. The second kappa shape index (κ2) is 10.8. The molecule has 33 heavy (non-hydrogen) atoms. The number of unbranched alkanes of at least 4 members (excludes halogenated alkanes) is 1. The minimum atomic E-state index is 0.275. The number of benzene rings is 2. The number of hydrogen-bond acceptors (Lipinski definition) is 5. The highest BCUT2D eigenvalue weighted by Gasteiger charge is 2.18. The molecule has 0 amide bonds. The summed E-state index contributed by atoms with van der Waals surface area (Å²) in [6, 6.07) is 12.0. The molecule has 2 heterocycles. The number of anilines is 1. The zero-order valence-electron chi connectivity index (χ0n) is 19.5. The molecule has 0 aliphatic carbocycles. The standard InChI is InChI=1S/C23H27N5O.C4H6/c1-3-4-9-19-27-20-21(17-7-5-6-8-18(17)26-23(20)25)28(19)13-15-10-14(2)22(29)16(11-15)12-24;1-3-4-2/h5-8,10-11,29H,3-4,9,12-13,24H2,1-2H3,(H2,25,26);3-4H,1-2H2. The number of aromatic nitrogens is 3. The van der Waals surface area contributed by atoms with E-state index in [0.29, 0.717) is 18.9 Å². The van der Waals surface area contributed by atoms with Crippen LogP contribution in [0.3, 0.4) is 0 Å². The Hall–Kier alpha value is -3.64. The largest absolute Gasteiger partial charge is 0.507 e. The normalized spacial score (nSPS) is 10.8. The quantitative estimate of drug-likeness (QED) is 0.332. The summed E-state index contributed by atoms with van der Waals surface area (Å²) >= 11 is 0. The molecule has 0 bridgehead atoms. The van der Waals surface area contributed by atoms with E-state index >= 15 is 0 Å². The van der Waals surface area contributed by atoms with Crippen molar-refractivity contribution >= 4 is 27.8 Å². The molecule has 4 aromatic rings. The number of pyridine rings is 1. The van der Waals surface area contributed by atoms with Crippen LogP contribution in [-0.2, 0) is 19.5 Å². The summed E-state index contributed by atoms with van der Waals surface area (Å²) in [7, 11) is 0. The van der Waals surface area contributed by atoms with Gasteiger partial charge in [-0.25, -0.2) is 9.97 Å². The lowest BCUT2D eigenvalue weighted by molar-refractivity contribution is 0.463. The number of hydrogen-bond donors (Lipinski definition) is 3. The molecule has 0 fully saturated rings. The number of nitrogens with two attached hydrogens (primary N) is 2. The number of rotatable bonds is 7. The Bertz CT molecular complexity index is 1280. The Morgan fingerprint density at radius 1 is 1.12 bits per heavy atom. The molecule has 0 aliphatic rings. The number of aryl methyl sites for hydroxylation is 2. The minimum absolute atomic E-state index is 0.275. The lowest BCUT2D eigenvalue weighted by Gasteiger charge is -2.14. The fourth-order valence-electron chi connectivity index (χ4n) is 3.96. The zero-order chi connectivity index (χ0) is 24.0. The van der Waals surface area contributed by atoms with E-state index in [1.54, 1.807) is 12.2 Å². The molecule has 6 heteroatoms. The molecule has 0 aliphatic heterocycles. The third kappa shape index (κ3) is 5.07. The Balaban J connectivity index is 0.000000709. The van der Waals surface area contributed by atoms with Gasteiger partial charge in [0.05, 0.1) is 11.0 Å². The molecular weight excluding hydrogens is 410 g/mol. The van der Waals surface area contributed by atoms with E-state index in [2.05, 4.69) is 35.7 Å². The summed E-state index contributed by atoms with van der Waals surface area (Å²) in [6.07, 6.45) is 6.30. The maximum atomic E-state index is 10.2. The molecule has 0 atom stereocenters. The Morgan fingerprint density at radius 3 is 2.52 bits per heavy atom. The fraction of sp³-hybridized carbons (Fsp3) is 0.259. The first-order chi connectivity index (χ1) is 15.9. The summed E-state index contributed by atoms with van der Waals surface area (Å²) in [5, 5.41) is 11.3. The fourth-order valence-corrected chi connectivity index (χ4v) is 3.96. The molecule has 0 spiro atoms. The van der Waals surface area contributed by atoms with E-state index in [0.717, 1.165) is 63.7 Å². The molecule has 2 aromatic heterocycles. The molecular formula is C27H33N5O. The van der Waals surface area contributed by atoms with Crippen molar-refractivity contribution in [2.45, 2.75) is 46.2 Å². The maximum absolute atomic E-state index is 10.2. The van der Waals surface area contributed by atoms with E-state index in [-0.39, 0.29) is 5.75 Å². The van der Waals surface area contributed by atoms with Crippen LogP contribution in [0.15, 0.2) is 61.7 Å². The lowest BCUT2D eigenvalue weighted by Crippen LogP contribution is -2.07. The van der Waals surface area contributed by atoms with Gasteiger partial charge < -0.3 is 21.1 Å². The van der Waals surface area contributed by atoms with Gasteiger partial charge in [-0.1, -0.05) is 62.9 Å². The highest BCUT2D eigenvalue weighted by atomic mass is 16.3. The van der Waals surface area contributed by atoms with Crippen molar-refractivity contribution in [3.05, 3.63) is 84.2 Å². The van der Waals surface area contributed by atoms with Gasteiger partial charge in [-0.2, -0.15) is 0 Å². The van der Waals surface area contributed by atoms with Crippen molar-refractivity contribution < 1.29 is 5.11 Å². The highest BCUT2D eigenvalue weighted by molar-refractivity contribution is 6.06. The number of para-hydroxylation sites is 1. The van der Waals surface area contributed by atoms with Crippen LogP contribution in [0.25, 0.3) is 21.9 Å². The molecule has 0 unspecified atom stereocenters. The van der Waals surface area contributed by atoms with Crippen LogP contribution >= 0.6 is 0 Å². The van der Waals surface area contributed by atoms with Crippen LogP contribution in [0.4, 0.5) is 5.82 Å². The van der Waals surface area contributed by atoms with Gasteiger partial charge in [0.1, 0.15) is 17.1 Å². The van der Waals surface area contributed by atoms with Crippen molar-refractivity contribution in [1.82, 2.24) is 14.5 Å². The Morgan fingerprint density at radius 2 is 1.85 bits per heavy atom. The summed E-state index contributed by atoms with van der Waals surface area (Å²) in [4.78, 5) is 9.43. The van der Waals surface area contributed by atoms with Crippen LogP contribution in [0.5, 0.6) is 5.75 Å². The summed E-state index contributed by atoms with van der Waals surface area (Å²) < 4.78 is 2.25. The average molecular weight is 444 g/mol. The third-order valence-corrected chi connectivity index (χ3v) is 5.61. The van der Waals surface area contributed by atoms with Crippen molar-refractivity contribution in [1.29, 1.82) is 0 Å². The van der Waals surface area contributed by atoms with Crippen molar-refractivity contribution in [2.24, 2.45) is 5.73 Å². The van der Waals surface area contributed by atoms with Gasteiger partial charge in [0.25, 0.3) is 0 Å². The van der Waals surface area contributed by atoms with E-state index in [9.17, 15) is 5.11 Å². The molecule has 6 nitrogen and oxygen atoms in total. The van der Waals surface area contributed by atoms with Crippen LogP contribution in [-0.4, -0.2) is 19.6 Å². The number of imidazole rings is 1. The second-order valence-corrected chi connectivity index (χ2v) is 8.03. The molecule has 0 saturated carbocycles. The Labute approximate surface area is 195 Å². The first-order valence-corrected chi connectivity index (χ1v) is 11.2. The SMILES string of the molecule is C=CC=C.CCCCc1nc2c(N)nc3ccccc3c2n1Cc1cc(C)c(O)c(CN)c1. The average Bonchev–Trinajstić information content (AvgIpc) is 3.19. The maximum Gasteiger partial charge on any atom is 0.152 e. The third-order valence-electron chi connectivity index (χ3n) is 5.61. The number of phenols is 1. The number of aromatic hydroxyl groups is 1. The van der Waals surface area contributed by atoms with Gasteiger partial charge >= 0.3 is 0 Å². The summed E-state index contributed by atoms with van der Waals surface area (Å²) in [5.41, 5.74) is 17.4. The smallest absolute Gasteiger partial charge is 0.152 e. The number of phenolic OH excluding ortho intramolecular Hbond substituents is 1. The minimum Gasteiger partial charge on any atom is -0.507 e. The van der Waals surface area contributed by atoms with Crippen LogP contribution in [0, 0.1) is 6.92 Å². The van der Waals surface area contributed by atoms with E-state index < -0.39 is 0 Å². The zero-order valence-corrected chi connectivity index (χ0v) is 19.5. The van der Waals surface area contributed by atoms with Gasteiger partial charge in [-0.3, -0.25) is 0 Å². The molecule has 2 aromatic carbocycles. The molecule has 5 N–H and O–H groups in total. The summed E-state index contributed by atoms with van der Waals surface area (Å²) in [5.74, 6) is 1.74. The topological polar surface area (TPSA) is 103 Å². The van der Waals surface area contributed by atoms with Crippen molar-refractivity contribution in [3.8, 4) is 5.75 Å². The van der Waals surface area contributed by atoms with Gasteiger partial charge in [-0.15, -0.1) is 0 Å². The molecule has 0 radical (unpaired) electrons. The van der Waals surface area contributed by atoms with Crippen LogP contribution < -0.4 is 11.5 Å². The van der Waals surface area contributed by atoms with Crippen LogP contribution in [0.2, 0.25) is 0 Å². The predicted molar refractivity (Wildman–Crippen MR) is 138 cm³/mol. The number of fused-ring (bicyclic) bond motifs is 3. The van der Waals surface area contributed by atoms with Gasteiger partial charge in [0, 0.05) is 30.5 Å². The van der Waals surface area contributed by atoms with E-state index in [1.807, 2.05) is 37.3 Å². The lowest BCUT2D eigenvalue weighted by atomic mass is 10.0. The molecule has 4 rings (SSSR count). The van der Waals surface area contributed by atoms with E-state index in [4.69, 9.17) is 16.5 Å². The number of allylic oxidation sites excluding steroid dienone is 2. The number of nitrogens with zero attached hydrogens (tertiary/aromatic N) is 3. The first kappa shape index (κ1) is 24.0. The van der Waals surface area contributed by atoms with Gasteiger partial charge in [0.15, 0.2) is 5.82 Å². The van der Waals surface area contributed by atoms with Crippen molar-refractivity contribution in [3.63, 3.8) is 0 Å². The highest BCUT2D eigenvalue weighted by Crippen LogP contribution is 2.31. The number of nitrogen functional groups attached to an aromatic ring is 1. The van der Waals surface area contributed by atoms with E-state index in [1.165, 1.54) is 0 Å². The monoisotopic (exact) mass is 443 g/mol. The Kier molecular flexibility index (Phi) is 7.85. The van der Waals surface area contributed by atoms with Crippen molar-refractivity contribution in [2.75, 3.05) is 5.73 Å². The second-order valence-electron chi connectivity index (χ2n) is 8.03. The molecule has 0 saturated heterocycles. The van der Waals surface area contributed by atoms with Gasteiger partial charge in [-0.05, 0) is 36.6 Å². The van der Waals surface area contributed by atoms with Gasteiger partial charge in [0.2, 0.25) is 0 Å².